The van der Waals surface area contributed by atoms with E-state index in [9.17, 15) is 14.4 Å². The molecular formula is C30H30N2O4. The lowest BCUT2D eigenvalue weighted by Crippen LogP contribution is -2.36. The Morgan fingerprint density at radius 1 is 0.889 bits per heavy atom. The zero-order chi connectivity index (χ0) is 25.3. The van der Waals surface area contributed by atoms with Gasteiger partial charge in [0.1, 0.15) is 0 Å². The molecule has 2 N–H and O–H groups in total. The maximum absolute atomic E-state index is 13.6. The Labute approximate surface area is 211 Å². The zero-order valence-electron chi connectivity index (χ0n) is 20.1. The number of carboxylic acid groups (broad SMARTS) is 1. The minimum atomic E-state index is -1.02. The highest BCUT2D eigenvalue weighted by atomic mass is 16.4. The van der Waals surface area contributed by atoms with E-state index >= 15 is 0 Å². The first-order valence-electron chi connectivity index (χ1n) is 12.3. The average molecular weight is 483 g/mol. The van der Waals surface area contributed by atoms with Gasteiger partial charge in [0, 0.05) is 28.9 Å². The van der Waals surface area contributed by atoms with Gasteiger partial charge in [0.2, 0.25) is 5.91 Å². The van der Waals surface area contributed by atoms with Crippen molar-refractivity contribution in [3.8, 4) is 0 Å². The van der Waals surface area contributed by atoms with E-state index in [1.54, 1.807) is 17.0 Å². The monoisotopic (exact) mass is 482 g/mol. The molecule has 4 rings (SSSR count). The lowest BCUT2D eigenvalue weighted by atomic mass is 9.88. The van der Waals surface area contributed by atoms with Gasteiger partial charge >= 0.3 is 5.97 Å². The molecule has 0 heterocycles. The summed E-state index contributed by atoms with van der Waals surface area (Å²) in [6.45, 7) is 0.363. The Morgan fingerprint density at radius 3 is 2.31 bits per heavy atom. The molecule has 1 saturated carbocycles. The molecule has 1 aliphatic carbocycles. The molecule has 1 aliphatic rings. The standard InChI is InChI=1S/C30H30N2O4/c33-28(34)19-16-22-8-7-13-27(20-22)32(30(36)25-9-3-1-4-10-25)21-23-14-17-24(18-15-23)29(35)31-26-11-5-2-6-12-26/h2,5-8,11-20,25H,1,3-4,9-10,21H2,(H,31,35)(H,33,34). The van der Waals surface area contributed by atoms with Crippen LogP contribution in [0.3, 0.4) is 0 Å². The van der Waals surface area contributed by atoms with Gasteiger partial charge in [-0.25, -0.2) is 4.79 Å². The van der Waals surface area contributed by atoms with E-state index in [0.29, 0.717) is 17.7 Å². The van der Waals surface area contributed by atoms with E-state index in [2.05, 4.69) is 5.32 Å². The van der Waals surface area contributed by atoms with E-state index in [0.717, 1.165) is 55.1 Å². The highest BCUT2D eigenvalue weighted by Crippen LogP contribution is 2.29. The molecule has 0 bridgehead atoms. The highest BCUT2D eigenvalue weighted by Gasteiger charge is 2.27. The molecule has 3 aromatic carbocycles. The van der Waals surface area contributed by atoms with E-state index in [4.69, 9.17) is 5.11 Å². The smallest absolute Gasteiger partial charge is 0.328 e. The van der Waals surface area contributed by atoms with Gasteiger partial charge in [0.05, 0.1) is 6.54 Å². The van der Waals surface area contributed by atoms with Gasteiger partial charge in [-0.2, -0.15) is 0 Å². The number of rotatable bonds is 8. The third-order valence-corrected chi connectivity index (χ3v) is 6.41. The van der Waals surface area contributed by atoms with Crippen LogP contribution in [0.5, 0.6) is 0 Å². The second-order valence-electron chi connectivity index (χ2n) is 9.04. The minimum Gasteiger partial charge on any atom is -0.478 e. The van der Waals surface area contributed by atoms with Crippen LogP contribution in [0.2, 0.25) is 0 Å². The van der Waals surface area contributed by atoms with E-state index < -0.39 is 5.97 Å². The number of anilines is 2. The third kappa shape index (κ3) is 6.69. The van der Waals surface area contributed by atoms with Crippen molar-refractivity contribution in [1.82, 2.24) is 0 Å². The van der Waals surface area contributed by atoms with Crippen molar-refractivity contribution in [2.75, 3.05) is 10.2 Å². The van der Waals surface area contributed by atoms with Gasteiger partial charge in [-0.05, 0) is 66.4 Å². The Hall–Kier alpha value is -4.19. The maximum atomic E-state index is 13.6. The van der Waals surface area contributed by atoms with E-state index in [-0.39, 0.29) is 17.7 Å². The Kier molecular flexibility index (Phi) is 8.29. The van der Waals surface area contributed by atoms with Crippen molar-refractivity contribution < 1.29 is 19.5 Å². The third-order valence-electron chi connectivity index (χ3n) is 6.41. The van der Waals surface area contributed by atoms with Gasteiger partial charge in [-0.15, -0.1) is 0 Å². The molecule has 3 aromatic rings. The molecule has 0 atom stereocenters. The van der Waals surface area contributed by atoms with Crippen molar-refractivity contribution >= 4 is 35.2 Å². The van der Waals surface area contributed by atoms with Crippen molar-refractivity contribution in [1.29, 1.82) is 0 Å². The first kappa shape index (κ1) is 24.9. The summed E-state index contributed by atoms with van der Waals surface area (Å²) >= 11 is 0. The Balaban J connectivity index is 1.55. The lowest BCUT2D eigenvalue weighted by molar-refractivity contribution is -0.131. The fraction of sp³-hybridized carbons (Fsp3) is 0.233. The molecule has 0 radical (unpaired) electrons. The molecule has 0 aliphatic heterocycles. The molecule has 1 fully saturated rings. The Bertz CT molecular complexity index is 1230. The first-order chi connectivity index (χ1) is 17.5. The number of para-hydroxylation sites is 1. The maximum Gasteiger partial charge on any atom is 0.328 e. The molecule has 2 amide bonds. The summed E-state index contributed by atoms with van der Waals surface area (Å²) in [7, 11) is 0. The summed E-state index contributed by atoms with van der Waals surface area (Å²) in [6, 6.07) is 23.9. The van der Waals surface area contributed by atoms with Gasteiger partial charge in [-0.1, -0.05) is 61.7 Å². The number of hydrogen-bond donors (Lipinski definition) is 2. The largest absolute Gasteiger partial charge is 0.478 e. The number of nitrogens with zero attached hydrogens (tertiary/aromatic N) is 1. The van der Waals surface area contributed by atoms with Crippen LogP contribution in [-0.2, 0) is 16.1 Å². The lowest BCUT2D eigenvalue weighted by Gasteiger charge is -2.30. The minimum absolute atomic E-state index is 0.0205. The predicted molar refractivity (Wildman–Crippen MR) is 142 cm³/mol. The molecular weight excluding hydrogens is 452 g/mol. The van der Waals surface area contributed by atoms with Gasteiger partial charge in [-0.3, -0.25) is 9.59 Å². The number of carbonyl (C=O) groups excluding carboxylic acids is 2. The van der Waals surface area contributed by atoms with Gasteiger partial charge in [0.25, 0.3) is 5.91 Å². The van der Waals surface area contributed by atoms with Crippen molar-refractivity contribution in [3.05, 3.63) is 102 Å². The number of benzene rings is 3. The molecule has 184 valence electrons. The summed E-state index contributed by atoms with van der Waals surface area (Å²) in [5, 5.41) is 11.9. The van der Waals surface area contributed by atoms with Crippen LogP contribution < -0.4 is 10.2 Å². The van der Waals surface area contributed by atoms with Crippen LogP contribution in [0.4, 0.5) is 11.4 Å². The van der Waals surface area contributed by atoms with Crippen LogP contribution in [0.25, 0.3) is 6.08 Å². The predicted octanol–water partition coefficient (Wildman–Crippen LogP) is 6.15. The SMILES string of the molecule is O=C(O)C=Cc1cccc(N(Cc2ccc(C(=O)Nc3ccccc3)cc2)C(=O)C2CCCCC2)c1. The number of amides is 2. The molecule has 0 saturated heterocycles. The molecule has 36 heavy (non-hydrogen) atoms. The average Bonchev–Trinajstić information content (AvgIpc) is 2.91. The fourth-order valence-corrected chi connectivity index (χ4v) is 4.50. The van der Waals surface area contributed by atoms with E-state index in [1.807, 2.05) is 66.7 Å². The summed E-state index contributed by atoms with van der Waals surface area (Å²) in [5.74, 6) is -1.15. The normalized spacial score (nSPS) is 13.9. The molecule has 0 spiro atoms. The quantitative estimate of drug-likeness (QED) is 0.377. The van der Waals surface area contributed by atoms with Gasteiger partial charge in [0.15, 0.2) is 0 Å². The van der Waals surface area contributed by atoms with Gasteiger partial charge < -0.3 is 15.3 Å². The molecule has 6 heteroatoms. The summed E-state index contributed by atoms with van der Waals surface area (Å²) in [6.07, 6.45) is 7.64. The fourth-order valence-electron chi connectivity index (χ4n) is 4.50. The van der Waals surface area contributed by atoms with Crippen LogP contribution in [0.1, 0.15) is 53.6 Å². The van der Waals surface area contributed by atoms with E-state index in [1.165, 1.54) is 6.08 Å². The van der Waals surface area contributed by atoms with Crippen LogP contribution in [0.15, 0.2) is 84.9 Å². The van der Waals surface area contributed by atoms with Crippen LogP contribution in [-0.4, -0.2) is 22.9 Å². The molecule has 0 unspecified atom stereocenters. The molecule has 6 nitrogen and oxygen atoms in total. The Morgan fingerprint density at radius 2 is 1.61 bits per heavy atom. The summed E-state index contributed by atoms with van der Waals surface area (Å²) < 4.78 is 0. The number of hydrogen-bond acceptors (Lipinski definition) is 3. The number of nitrogens with one attached hydrogen (secondary N) is 1. The highest BCUT2D eigenvalue weighted by molar-refractivity contribution is 6.04. The number of carboxylic acids is 1. The summed E-state index contributed by atoms with van der Waals surface area (Å²) in [4.78, 5) is 38.9. The first-order valence-corrected chi connectivity index (χ1v) is 12.3. The number of carbonyl (C=O) groups is 3. The topological polar surface area (TPSA) is 86.7 Å². The van der Waals surface area contributed by atoms with Crippen LogP contribution >= 0.6 is 0 Å². The number of aliphatic carboxylic acids is 1. The van der Waals surface area contributed by atoms with Crippen molar-refractivity contribution in [2.45, 2.75) is 38.6 Å². The molecule has 0 aromatic heterocycles. The summed E-state index contributed by atoms with van der Waals surface area (Å²) in [5.41, 5.74) is 3.61. The second kappa shape index (κ2) is 12.0. The van der Waals surface area contributed by atoms with Crippen molar-refractivity contribution in [3.63, 3.8) is 0 Å². The second-order valence-corrected chi connectivity index (χ2v) is 9.04. The van der Waals surface area contributed by atoms with Crippen LogP contribution in [0, 0.1) is 5.92 Å². The zero-order valence-corrected chi connectivity index (χ0v) is 20.1. The van der Waals surface area contributed by atoms with Crippen molar-refractivity contribution in [2.24, 2.45) is 5.92 Å².